The number of piperidine rings is 1. The number of carboxylic acids is 1. The molecule has 1 aliphatic heterocycles. The van der Waals surface area contributed by atoms with E-state index in [0.29, 0.717) is 68.2 Å². The Morgan fingerprint density at radius 3 is 1.75 bits per heavy atom. The number of benzene rings is 4. The molecule has 6 aromatic rings. The highest BCUT2D eigenvalue weighted by Gasteiger charge is 2.48. The highest BCUT2D eigenvalue weighted by atomic mass is 19.1. The molecule has 3 saturated carbocycles. The number of rotatable bonds is 14. The zero-order chi connectivity index (χ0) is 43.7. The van der Waals surface area contributed by atoms with Crippen molar-refractivity contribution in [1.29, 1.82) is 0 Å². The zero-order valence-electron chi connectivity index (χ0n) is 35.6. The Kier molecular flexibility index (Phi) is 11.2. The summed E-state index contributed by atoms with van der Waals surface area (Å²) in [6.45, 7) is 1.23. The lowest BCUT2D eigenvalue weighted by molar-refractivity contribution is -0.161. The number of anilines is 6. The molecule has 0 atom stereocenters. The number of carbonyl (C=O) groups excluding carboxylic acids is 1. The minimum Gasteiger partial charge on any atom is -0.481 e. The van der Waals surface area contributed by atoms with Crippen LogP contribution in [-0.4, -0.2) is 62.2 Å². The van der Waals surface area contributed by atoms with Crippen LogP contribution < -0.4 is 20.9 Å². The van der Waals surface area contributed by atoms with Gasteiger partial charge in [-0.1, -0.05) is 67.4 Å². The Labute approximate surface area is 371 Å². The van der Waals surface area contributed by atoms with Gasteiger partial charge in [0.15, 0.2) is 0 Å². The van der Waals surface area contributed by atoms with Gasteiger partial charge in [-0.15, -0.1) is 0 Å². The van der Waals surface area contributed by atoms with Crippen molar-refractivity contribution < 1.29 is 23.8 Å². The van der Waals surface area contributed by atoms with Gasteiger partial charge in [-0.3, -0.25) is 9.59 Å². The van der Waals surface area contributed by atoms with E-state index in [1.165, 1.54) is 18.6 Å². The van der Waals surface area contributed by atoms with Gasteiger partial charge in [-0.05, 0) is 105 Å². The van der Waals surface area contributed by atoms with Gasteiger partial charge in [0, 0.05) is 66.6 Å². The largest absolute Gasteiger partial charge is 0.481 e. The van der Waals surface area contributed by atoms with Crippen molar-refractivity contribution in [2.45, 2.75) is 93.6 Å². The van der Waals surface area contributed by atoms with Crippen molar-refractivity contribution in [3.05, 3.63) is 132 Å². The van der Waals surface area contributed by atoms with E-state index < -0.39 is 16.8 Å². The second-order valence-electron chi connectivity index (χ2n) is 17.7. The fraction of sp³-hybridized carbons (Fsp3) is 0.333. The standard InChI is InChI=1S/C51H51FN8O4/c52-37-17-11-34(12-18-37)43-32-45(59-49(57-43)55-40-19-13-35(14-20-40)50(46(61)62)25-5-26-50)60-29-23-41(24-30-60)64-47(63)51(27-6-28-51)36-15-21-39(22-16-36)54-48-56-42(33-7-2-1-3-8-33)31-44(58-48)53-38-9-4-10-38/h1-3,7-8,11-22,31-32,38,41H,4-6,9-10,23-30H2,(H,61,62)(H,55,57,59)(H2,53,54,56,58). The first kappa shape index (κ1) is 41.1. The predicted molar refractivity (Wildman–Crippen MR) is 246 cm³/mol. The van der Waals surface area contributed by atoms with Gasteiger partial charge in [0.1, 0.15) is 23.6 Å². The summed E-state index contributed by atoms with van der Waals surface area (Å²) in [7, 11) is 0. The van der Waals surface area contributed by atoms with E-state index in [1.54, 1.807) is 12.1 Å². The summed E-state index contributed by atoms with van der Waals surface area (Å²) in [4.78, 5) is 47.7. The molecular formula is C51H51FN8O4. The third-order valence-electron chi connectivity index (χ3n) is 13.7. The molecule has 64 heavy (non-hydrogen) atoms. The molecule has 4 N–H and O–H groups in total. The Hall–Kier alpha value is -6.89. The number of nitrogens with zero attached hydrogens (tertiary/aromatic N) is 5. The fourth-order valence-corrected chi connectivity index (χ4v) is 9.28. The topological polar surface area (TPSA) is 154 Å². The van der Waals surface area contributed by atoms with Crippen molar-refractivity contribution >= 4 is 46.8 Å². The van der Waals surface area contributed by atoms with Crippen molar-refractivity contribution in [1.82, 2.24) is 19.9 Å². The van der Waals surface area contributed by atoms with E-state index in [2.05, 4.69) is 20.9 Å². The molecule has 0 radical (unpaired) electrons. The molecule has 3 aliphatic carbocycles. The van der Waals surface area contributed by atoms with E-state index in [1.807, 2.05) is 91.0 Å². The second kappa shape index (κ2) is 17.3. The molecule has 13 heteroatoms. The summed E-state index contributed by atoms with van der Waals surface area (Å²) in [6.07, 6.45) is 9.13. The summed E-state index contributed by atoms with van der Waals surface area (Å²) < 4.78 is 20.2. The highest BCUT2D eigenvalue weighted by molar-refractivity contribution is 5.85. The second-order valence-corrected chi connectivity index (χ2v) is 17.7. The van der Waals surface area contributed by atoms with Crippen LogP contribution in [0.5, 0.6) is 0 Å². The Morgan fingerprint density at radius 1 is 0.641 bits per heavy atom. The number of esters is 1. The van der Waals surface area contributed by atoms with Crippen LogP contribution in [-0.2, 0) is 25.2 Å². The van der Waals surface area contributed by atoms with E-state index in [4.69, 9.17) is 24.7 Å². The molecule has 3 heterocycles. The molecule has 10 rings (SSSR count). The van der Waals surface area contributed by atoms with Gasteiger partial charge in [0.05, 0.1) is 22.2 Å². The average molecular weight is 859 g/mol. The number of aromatic nitrogens is 4. The van der Waals surface area contributed by atoms with Crippen LogP contribution in [0.15, 0.2) is 115 Å². The first-order valence-corrected chi connectivity index (χ1v) is 22.5. The SMILES string of the molecule is O=C(O)C1(c2ccc(Nc3nc(-c4ccc(F)cc4)cc(N4CCC(OC(=O)C5(c6ccc(Nc7nc(NC8CCC8)cc(-c8ccccc8)n7)cc6)CCC5)CC4)n3)cc2)CCC1. The summed E-state index contributed by atoms with van der Waals surface area (Å²) >= 11 is 0. The third kappa shape index (κ3) is 8.34. The third-order valence-corrected chi connectivity index (χ3v) is 13.7. The summed E-state index contributed by atoms with van der Waals surface area (Å²) in [5.74, 6) is 1.07. The molecular weight excluding hydrogens is 808 g/mol. The molecule has 4 fully saturated rings. The number of carboxylic acid groups (broad SMARTS) is 1. The minimum absolute atomic E-state index is 0.173. The van der Waals surface area contributed by atoms with Gasteiger partial charge >= 0.3 is 11.9 Å². The van der Waals surface area contributed by atoms with E-state index in [9.17, 15) is 19.1 Å². The normalized spacial score (nSPS) is 17.9. The maximum Gasteiger partial charge on any atom is 0.316 e. The van der Waals surface area contributed by atoms with Gasteiger partial charge in [-0.25, -0.2) is 14.4 Å². The highest BCUT2D eigenvalue weighted by Crippen LogP contribution is 2.46. The van der Waals surface area contributed by atoms with E-state index >= 15 is 0 Å². The fourth-order valence-electron chi connectivity index (χ4n) is 9.28. The van der Waals surface area contributed by atoms with Gasteiger partial charge in [0.2, 0.25) is 11.9 Å². The number of hydrogen-bond donors (Lipinski definition) is 4. The van der Waals surface area contributed by atoms with Crippen LogP contribution in [0.1, 0.15) is 81.8 Å². The maximum atomic E-state index is 14.1. The van der Waals surface area contributed by atoms with Crippen LogP contribution in [0.25, 0.3) is 22.5 Å². The Balaban J connectivity index is 0.803. The minimum atomic E-state index is -0.822. The van der Waals surface area contributed by atoms with Crippen molar-refractivity contribution in [2.24, 2.45) is 0 Å². The molecule has 2 aromatic heterocycles. The average Bonchev–Trinajstić information content (AvgIpc) is 3.26. The predicted octanol–water partition coefficient (Wildman–Crippen LogP) is 10.3. The lowest BCUT2D eigenvalue weighted by Gasteiger charge is -2.41. The molecule has 4 aliphatic rings. The van der Waals surface area contributed by atoms with Gasteiger partial charge in [0.25, 0.3) is 0 Å². The lowest BCUT2D eigenvalue weighted by Crippen LogP contribution is -2.47. The molecule has 12 nitrogen and oxygen atoms in total. The Bertz CT molecular complexity index is 2630. The smallest absolute Gasteiger partial charge is 0.316 e. The van der Waals surface area contributed by atoms with Crippen LogP contribution >= 0.6 is 0 Å². The quantitative estimate of drug-likeness (QED) is 0.0771. The maximum absolute atomic E-state index is 14.1. The van der Waals surface area contributed by atoms with Crippen LogP contribution in [0.4, 0.5) is 39.3 Å². The first-order valence-electron chi connectivity index (χ1n) is 22.5. The summed E-state index contributed by atoms with van der Waals surface area (Å²) in [6, 6.07) is 36.1. The molecule has 0 amide bonds. The molecule has 0 spiro atoms. The monoisotopic (exact) mass is 858 g/mol. The Morgan fingerprint density at radius 2 is 1.20 bits per heavy atom. The van der Waals surface area contributed by atoms with Crippen LogP contribution in [0.3, 0.4) is 0 Å². The van der Waals surface area contributed by atoms with E-state index in [0.717, 1.165) is 83.7 Å². The summed E-state index contributed by atoms with van der Waals surface area (Å²) in [5.41, 5.74) is 5.02. The number of nitrogens with one attached hydrogen (secondary N) is 3. The molecule has 4 aromatic carbocycles. The van der Waals surface area contributed by atoms with Crippen LogP contribution in [0, 0.1) is 5.82 Å². The molecule has 0 bridgehead atoms. The molecule has 0 unspecified atom stereocenters. The number of carbonyl (C=O) groups is 2. The first-order chi connectivity index (χ1) is 31.2. The molecule has 326 valence electrons. The van der Waals surface area contributed by atoms with Crippen molar-refractivity contribution in [3.63, 3.8) is 0 Å². The number of aliphatic carboxylic acids is 1. The lowest BCUT2D eigenvalue weighted by atomic mass is 9.64. The van der Waals surface area contributed by atoms with Crippen molar-refractivity contribution in [3.8, 4) is 22.5 Å². The summed E-state index contributed by atoms with van der Waals surface area (Å²) in [5, 5.41) is 20.2. The van der Waals surface area contributed by atoms with Gasteiger partial charge < -0.3 is 30.7 Å². The van der Waals surface area contributed by atoms with Crippen molar-refractivity contribution in [2.75, 3.05) is 33.9 Å². The number of hydrogen-bond acceptors (Lipinski definition) is 11. The van der Waals surface area contributed by atoms with Gasteiger partial charge in [-0.2, -0.15) is 9.97 Å². The molecule has 1 saturated heterocycles. The number of ether oxygens (including phenoxy) is 1. The zero-order valence-corrected chi connectivity index (χ0v) is 35.6. The van der Waals surface area contributed by atoms with E-state index in [-0.39, 0.29) is 17.9 Å². The number of halogens is 1. The van der Waals surface area contributed by atoms with Crippen LogP contribution in [0.2, 0.25) is 0 Å².